The number of pyridine rings is 1. The monoisotopic (exact) mass is 372 g/mol. The molecule has 0 saturated heterocycles. The van der Waals surface area contributed by atoms with Crippen molar-refractivity contribution in [1.29, 1.82) is 0 Å². The second kappa shape index (κ2) is 7.90. The van der Waals surface area contributed by atoms with Gasteiger partial charge in [-0.3, -0.25) is 0 Å². The fourth-order valence-electron chi connectivity index (χ4n) is 2.12. The molecule has 2 N–H and O–H groups in total. The average Bonchev–Trinajstić information content (AvgIpc) is 2.55. The fourth-order valence-corrected chi connectivity index (χ4v) is 2.59. The summed E-state index contributed by atoms with van der Waals surface area (Å²) in [6, 6.07) is 4.75. The number of halogens is 3. The van der Waals surface area contributed by atoms with Crippen molar-refractivity contribution in [2.75, 3.05) is 11.9 Å². The van der Waals surface area contributed by atoms with Gasteiger partial charge in [0.25, 0.3) is 0 Å². The Hall–Kier alpha value is -1.72. The number of hydrogen-bond acceptors (Lipinski definition) is 4. The molecule has 24 heavy (non-hydrogen) atoms. The van der Waals surface area contributed by atoms with E-state index >= 15 is 0 Å². The minimum absolute atomic E-state index is 0.00941. The van der Waals surface area contributed by atoms with Crippen molar-refractivity contribution in [3.05, 3.63) is 39.8 Å². The maximum absolute atomic E-state index is 14.0. The zero-order chi connectivity index (χ0) is 17.9. The van der Waals surface area contributed by atoms with Crippen LogP contribution in [0.1, 0.15) is 38.7 Å². The second-order valence-corrected chi connectivity index (χ2v) is 6.37. The van der Waals surface area contributed by atoms with Crippen LogP contribution in [0, 0.1) is 5.95 Å². The summed E-state index contributed by atoms with van der Waals surface area (Å²) < 4.78 is 19.7. The highest BCUT2D eigenvalue weighted by molar-refractivity contribution is 6.38. The SMILES string of the molecule is CCCNc1nc(F)c(Cl)c(Oc2ccc(O)c(C(C)C)c2)c1Cl. The van der Waals surface area contributed by atoms with Gasteiger partial charge in [-0.2, -0.15) is 9.37 Å². The molecule has 1 heterocycles. The van der Waals surface area contributed by atoms with Crippen molar-refractivity contribution >= 4 is 29.0 Å². The molecule has 4 nitrogen and oxygen atoms in total. The predicted molar refractivity (Wildman–Crippen MR) is 95.3 cm³/mol. The predicted octanol–water partition coefficient (Wildman–Crippen LogP) is 5.97. The lowest BCUT2D eigenvalue weighted by molar-refractivity contribution is 0.452. The molecule has 2 aromatic rings. The first-order valence-electron chi connectivity index (χ1n) is 7.64. The van der Waals surface area contributed by atoms with Gasteiger partial charge < -0.3 is 15.2 Å². The summed E-state index contributed by atoms with van der Waals surface area (Å²) in [6.45, 7) is 6.44. The van der Waals surface area contributed by atoms with Crippen molar-refractivity contribution in [3.63, 3.8) is 0 Å². The van der Waals surface area contributed by atoms with Crippen LogP contribution in [0.2, 0.25) is 10.0 Å². The van der Waals surface area contributed by atoms with Crippen LogP contribution in [0.3, 0.4) is 0 Å². The zero-order valence-electron chi connectivity index (χ0n) is 13.7. The van der Waals surface area contributed by atoms with Gasteiger partial charge in [0, 0.05) is 12.1 Å². The van der Waals surface area contributed by atoms with E-state index < -0.39 is 5.95 Å². The lowest BCUT2D eigenvalue weighted by Crippen LogP contribution is -2.05. The quantitative estimate of drug-likeness (QED) is 0.613. The highest BCUT2D eigenvalue weighted by atomic mass is 35.5. The smallest absolute Gasteiger partial charge is 0.237 e. The molecular weight excluding hydrogens is 354 g/mol. The van der Waals surface area contributed by atoms with Crippen LogP contribution in [0.25, 0.3) is 0 Å². The summed E-state index contributed by atoms with van der Waals surface area (Å²) in [6.07, 6.45) is 0.828. The molecule has 0 aliphatic rings. The van der Waals surface area contributed by atoms with Crippen LogP contribution in [-0.4, -0.2) is 16.6 Å². The molecule has 0 unspecified atom stereocenters. The van der Waals surface area contributed by atoms with Gasteiger partial charge >= 0.3 is 0 Å². The van der Waals surface area contributed by atoms with Crippen molar-refractivity contribution in [2.24, 2.45) is 0 Å². The summed E-state index contributed by atoms with van der Waals surface area (Å²) in [5.74, 6) is -0.0378. The Balaban J connectivity index is 2.42. The number of hydrogen-bond donors (Lipinski definition) is 2. The number of benzene rings is 1. The van der Waals surface area contributed by atoms with Gasteiger partial charge in [0.2, 0.25) is 5.95 Å². The molecule has 7 heteroatoms. The molecule has 130 valence electrons. The van der Waals surface area contributed by atoms with E-state index in [4.69, 9.17) is 27.9 Å². The third kappa shape index (κ3) is 4.02. The van der Waals surface area contributed by atoms with E-state index in [1.807, 2.05) is 20.8 Å². The molecule has 0 aliphatic carbocycles. The summed E-state index contributed by atoms with van der Waals surface area (Å²) in [5, 5.41) is 12.6. The molecule has 0 bridgehead atoms. The second-order valence-electron chi connectivity index (χ2n) is 5.61. The normalized spacial score (nSPS) is 11.0. The minimum atomic E-state index is -0.863. The van der Waals surface area contributed by atoms with Crippen LogP contribution in [-0.2, 0) is 0 Å². The molecule has 1 aromatic carbocycles. The first kappa shape index (κ1) is 18.6. The molecule has 1 aromatic heterocycles. The van der Waals surface area contributed by atoms with Gasteiger partial charge in [0.1, 0.15) is 21.5 Å². The molecule has 0 fully saturated rings. The van der Waals surface area contributed by atoms with E-state index in [2.05, 4.69) is 10.3 Å². The van der Waals surface area contributed by atoms with Gasteiger partial charge in [0.15, 0.2) is 11.6 Å². The molecule has 0 radical (unpaired) electrons. The first-order valence-corrected chi connectivity index (χ1v) is 8.39. The third-order valence-electron chi connectivity index (χ3n) is 3.38. The Bertz CT molecular complexity index is 739. The molecule has 0 spiro atoms. The number of phenolic OH excluding ortho intramolecular Hbond substituents is 1. The van der Waals surface area contributed by atoms with E-state index in [1.165, 1.54) is 6.07 Å². The summed E-state index contributed by atoms with van der Waals surface area (Å²) >= 11 is 12.2. The summed E-state index contributed by atoms with van der Waals surface area (Å²) in [4.78, 5) is 3.71. The van der Waals surface area contributed by atoms with Gasteiger partial charge in [-0.15, -0.1) is 0 Å². The maximum Gasteiger partial charge on any atom is 0.237 e. The van der Waals surface area contributed by atoms with Crippen LogP contribution in [0.15, 0.2) is 18.2 Å². The van der Waals surface area contributed by atoms with Gasteiger partial charge in [0.05, 0.1) is 0 Å². The van der Waals surface area contributed by atoms with Crippen LogP contribution < -0.4 is 10.1 Å². The number of rotatable bonds is 6. The third-order valence-corrected chi connectivity index (χ3v) is 4.06. The molecule has 0 saturated carbocycles. The Labute approximate surface area is 150 Å². The molecule has 0 aliphatic heterocycles. The summed E-state index contributed by atoms with van der Waals surface area (Å²) in [5.41, 5.74) is 0.707. The van der Waals surface area contributed by atoms with Crippen molar-refractivity contribution in [3.8, 4) is 17.2 Å². The molecule has 2 rings (SSSR count). The number of nitrogens with one attached hydrogen (secondary N) is 1. The Morgan fingerprint density at radius 2 is 2.00 bits per heavy atom. The number of aromatic nitrogens is 1. The van der Waals surface area contributed by atoms with Crippen LogP contribution in [0.5, 0.6) is 17.2 Å². The Morgan fingerprint density at radius 3 is 2.62 bits per heavy atom. The Kier molecular flexibility index (Phi) is 6.13. The lowest BCUT2D eigenvalue weighted by atomic mass is 10.0. The number of ether oxygens (including phenoxy) is 1. The zero-order valence-corrected chi connectivity index (χ0v) is 15.2. The number of phenols is 1. The maximum atomic E-state index is 14.0. The van der Waals surface area contributed by atoms with Crippen molar-refractivity contribution < 1.29 is 14.2 Å². The topological polar surface area (TPSA) is 54.4 Å². The highest BCUT2D eigenvalue weighted by Crippen LogP contribution is 2.42. The highest BCUT2D eigenvalue weighted by Gasteiger charge is 2.20. The van der Waals surface area contributed by atoms with E-state index in [1.54, 1.807) is 12.1 Å². The largest absolute Gasteiger partial charge is 0.508 e. The van der Waals surface area contributed by atoms with E-state index in [-0.39, 0.29) is 33.3 Å². The lowest BCUT2D eigenvalue weighted by Gasteiger charge is -2.15. The van der Waals surface area contributed by atoms with Crippen molar-refractivity contribution in [1.82, 2.24) is 4.98 Å². The van der Waals surface area contributed by atoms with E-state index in [0.717, 1.165) is 6.42 Å². The minimum Gasteiger partial charge on any atom is -0.508 e. The van der Waals surface area contributed by atoms with Crippen LogP contribution >= 0.6 is 23.2 Å². The average molecular weight is 373 g/mol. The van der Waals surface area contributed by atoms with Gasteiger partial charge in [-0.05, 0) is 30.5 Å². The first-order chi connectivity index (χ1) is 11.3. The Morgan fingerprint density at radius 1 is 1.29 bits per heavy atom. The van der Waals surface area contributed by atoms with Crippen molar-refractivity contribution in [2.45, 2.75) is 33.1 Å². The molecule has 0 atom stereocenters. The van der Waals surface area contributed by atoms with E-state index in [0.29, 0.717) is 17.9 Å². The summed E-state index contributed by atoms with van der Waals surface area (Å²) in [7, 11) is 0. The fraction of sp³-hybridized carbons (Fsp3) is 0.353. The molecular formula is C17H19Cl2FN2O2. The number of aromatic hydroxyl groups is 1. The van der Waals surface area contributed by atoms with E-state index in [9.17, 15) is 9.50 Å². The number of nitrogens with zero attached hydrogens (tertiary/aromatic N) is 1. The standard InChI is InChI=1S/C17H19Cl2FN2O2/c1-4-7-21-17-14(19)15(13(18)16(20)22-17)24-10-5-6-12(23)11(8-10)9(2)3/h5-6,8-9,23H,4,7H2,1-3H3,(H,21,22). The molecule has 0 amide bonds. The number of anilines is 1. The van der Waals surface area contributed by atoms with Gasteiger partial charge in [-0.1, -0.05) is 44.0 Å². The van der Waals surface area contributed by atoms with Crippen LogP contribution in [0.4, 0.5) is 10.2 Å². The van der Waals surface area contributed by atoms with Gasteiger partial charge in [-0.25, -0.2) is 0 Å².